The van der Waals surface area contributed by atoms with Gasteiger partial charge in [0.2, 0.25) is 5.91 Å². The average molecular weight is 420 g/mol. The van der Waals surface area contributed by atoms with E-state index < -0.39 is 12.1 Å². The van der Waals surface area contributed by atoms with Gasteiger partial charge in [-0.15, -0.1) is 0 Å². The van der Waals surface area contributed by atoms with Gasteiger partial charge < -0.3 is 14.8 Å². The first-order valence-electron chi connectivity index (χ1n) is 9.11. The molecule has 9 nitrogen and oxygen atoms in total. The van der Waals surface area contributed by atoms with Crippen LogP contribution in [0.25, 0.3) is 0 Å². The fraction of sp³-hybridized carbons (Fsp3) is 0.421. The molecule has 156 valence electrons. The number of benzene rings is 1. The Morgan fingerprint density at radius 3 is 2.69 bits per heavy atom. The van der Waals surface area contributed by atoms with Crippen molar-refractivity contribution in [3.05, 3.63) is 34.9 Å². The summed E-state index contributed by atoms with van der Waals surface area (Å²) in [5.41, 5.74) is 1.25. The molecule has 1 atom stereocenters. The second kappa shape index (κ2) is 8.75. The zero-order chi connectivity index (χ0) is 21.1. The number of nitrogens with one attached hydrogen (secondary N) is 2. The lowest BCUT2D eigenvalue weighted by Gasteiger charge is -2.39. The highest BCUT2D eigenvalue weighted by Gasteiger charge is 2.46. The highest BCUT2D eigenvalue weighted by Crippen LogP contribution is 2.31. The molecule has 10 heteroatoms. The third-order valence-corrected chi connectivity index (χ3v) is 5.40. The number of rotatable bonds is 7. The molecule has 0 saturated carbocycles. The summed E-state index contributed by atoms with van der Waals surface area (Å²) in [5.74, 6) is 0.454. The van der Waals surface area contributed by atoms with Gasteiger partial charge in [-0.3, -0.25) is 19.4 Å². The van der Waals surface area contributed by atoms with E-state index in [1.165, 1.54) is 28.9 Å². The van der Waals surface area contributed by atoms with Crippen molar-refractivity contribution < 1.29 is 23.9 Å². The van der Waals surface area contributed by atoms with Crippen LogP contribution in [0.3, 0.4) is 0 Å². The van der Waals surface area contributed by atoms with E-state index >= 15 is 0 Å². The SMILES string of the molecule is COc1cccc(CNC(=O)CN2C(=O)N(C(C)C)C(=O)C3NSC=C32)c1OC. The van der Waals surface area contributed by atoms with Crippen molar-refractivity contribution in [3.8, 4) is 11.5 Å². The molecular weight excluding hydrogens is 396 g/mol. The number of amides is 4. The summed E-state index contributed by atoms with van der Waals surface area (Å²) in [6.45, 7) is 3.55. The summed E-state index contributed by atoms with van der Waals surface area (Å²) in [4.78, 5) is 40.5. The van der Waals surface area contributed by atoms with Crippen LogP contribution in [-0.4, -0.2) is 60.5 Å². The maximum Gasteiger partial charge on any atom is 0.331 e. The first-order valence-corrected chi connectivity index (χ1v) is 9.99. The molecule has 2 aliphatic rings. The molecule has 0 bridgehead atoms. The van der Waals surface area contributed by atoms with E-state index in [2.05, 4.69) is 10.0 Å². The van der Waals surface area contributed by atoms with Gasteiger partial charge >= 0.3 is 6.03 Å². The molecule has 1 aromatic rings. The number of carbonyl (C=O) groups excluding carboxylic acids is 3. The topological polar surface area (TPSA) is 100 Å². The predicted molar refractivity (Wildman–Crippen MR) is 108 cm³/mol. The molecule has 0 aliphatic carbocycles. The zero-order valence-electron chi connectivity index (χ0n) is 16.7. The molecule has 3 rings (SSSR count). The van der Waals surface area contributed by atoms with Gasteiger partial charge in [0, 0.05) is 23.6 Å². The Labute approximate surface area is 173 Å². The zero-order valence-corrected chi connectivity index (χ0v) is 17.5. The smallest absolute Gasteiger partial charge is 0.331 e. The van der Waals surface area contributed by atoms with Crippen molar-refractivity contribution in [1.29, 1.82) is 0 Å². The van der Waals surface area contributed by atoms with Crippen LogP contribution in [-0.2, 0) is 16.1 Å². The highest BCUT2D eigenvalue weighted by atomic mass is 32.2. The molecule has 1 unspecified atom stereocenters. The number of urea groups is 1. The van der Waals surface area contributed by atoms with Crippen LogP contribution >= 0.6 is 11.9 Å². The summed E-state index contributed by atoms with van der Waals surface area (Å²) in [5, 5.41) is 4.49. The maximum atomic E-state index is 12.9. The van der Waals surface area contributed by atoms with Crippen LogP contribution in [0.2, 0.25) is 0 Å². The normalized spacial score (nSPS) is 18.7. The number of fused-ring (bicyclic) bond motifs is 1. The Hall–Kier alpha value is -2.72. The van der Waals surface area contributed by atoms with Gasteiger partial charge in [-0.2, -0.15) is 0 Å². The number of carbonyl (C=O) groups is 3. The van der Waals surface area contributed by atoms with E-state index in [-0.39, 0.29) is 30.9 Å². The van der Waals surface area contributed by atoms with Crippen molar-refractivity contribution in [2.75, 3.05) is 20.8 Å². The van der Waals surface area contributed by atoms with Crippen LogP contribution in [0.1, 0.15) is 19.4 Å². The van der Waals surface area contributed by atoms with Gasteiger partial charge in [-0.1, -0.05) is 24.1 Å². The van der Waals surface area contributed by atoms with E-state index in [0.717, 1.165) is 5.56 Å². The molecular formula is C19H24N4O5S. The van der Waals surface area contributed by atoms with Crippen LogP contribution in [0.4, 0.5) is 4.79 Å². The summed E-state index contributed by atoms with van der Waals surface area (Å²) in [6, 6.07) is 3.96. The first-order chi connectivity index (χ1) is 13.9. The molecule has 0 radical (unpaired) electrons. The molecule has 1 aromatic carbocycles. The minimum Gasteiger partial charge on any atom is -0.493 e. The van der Waals surface area contributed by atoms with Crippen LogP contribution < -0.4 is 19.5 Å². The molecule has 29 heavy (non-hydrogen) atoms. The lowest BCUT2D eigenvalue weighted by Crippen LogP contribution is -2.62. The Bertz CT molecular complexity index is 857. The van der Waals surface area contributed by atoms with Crippen LogP contribution in [0.5, 0.6) is 11.5 Å². The second-order valence-corrected chi connectivity index (χ2v) is 7.52. The second-order valence-electron chi connectivity index (χ2n) is 6.81. The number of hydrogen-bond donors (Lipinski definition) is 2. The summed E-state index contributed by atoms with van der Waals surface area (Å²) in [6.07, 6.45) is 0. The number of nitrogens with zero attached hydrogens (tertiary/aromatic N) is 2. The molecule has 2 heterocycles. The van der Waals surface area contributed by atoms with Gasteiger partial charge in [-0.25, -0.2) is 9.52 Å². The Balaban J connectivity index is 1.71. The van der Waals surface area contributed by atoms with E-state index in [4.69, 9.17) is 9.47 Å². The lowest BCUT2D eigenvalue weighted by molar-refractivity contribution is -0.134. The number of imide groups is 1. The molecule has 4 amide bonds. The van der Waals surface area contributed by atoms with Crippen molar-refractivity contribution in [2.24, 2.45) is 0 Å². The standard InChI is InChI=1S/C19H24N4O5S/c1-11(2)23-18(25)16-13(10-29-21-16)22(19(23)26)9-15(24)20-8-12-6-5-7-14(27-3)17(12)28-4/h5-7,10-11,16,21H,8-9H2,1-4H3,(H,20,24). The molecule has 1 fully saturated rings. The minimum absolute atomic E-state index is 0.188. The third kappa shape index (κ3) is 4.03. The quantitative estimate of drug-likeness (QED) is 0.644. The van der Waals surface area contributed by atoms with Gasteiger partial charge in [-0.05, 0) is 19.9 Å². The van der Waals surface area contributed by atoms with Crippen molar-refractivity contribution in [2.45, 2.75) is 32.5 Å². The van der Waals surface area contributed by atoms with Gasteiger partial charge in [0.1, 0.15) is 12.6 Å². The van der Waals surface area contributed by atoms with Crippen molar-refractivity contribution in [1.82, 2.24) is 19.8 Å². The predicted octanol–water partition coefficient (Wildman–Crippen LogP) is 1.45. The number of hydrogen-bond acceptors (Lipinski definition) is 7. The van der Waals surface area contributed by atoms with Gasteiger partial charge in [0.15, 0.2) is 11.5 Å². The molecule has 1 saturated heterocycles. The average Bonchev–Trinajstić information content (AvgIpc) is 3.19. The fourth-order valence-corrected chi connectivity index (χ4v) is 4.09. The first kappa shape index (κ1) is 21.0. The highest BCUT2D eigenvalue weighted by molar-refractivity contribution is 8.00. The molecule has 2 aliphatic heterocycles. The van der Waals surface area contributed by atoms with E-state index in [0.29, 0.717) is 17.2 Å². The Kier molecular flexibility index (Phi) is 6.33. The monoisotopic (exact) mass is 420 g/mol. The largest absolute Gasteiger partial charge is 0.493 e. The van der Waals surface area contributed by atoms with Gasteiger partial charge in [0.05, 0.1) is 19.9 Å². The van der Waals surface area contributed by atoms with E-state index in [9.17, 15) is 14.4 Å². The molecule has 0 spiro atoms. The number of ether oxygens (including phenoxy) is 2. The minimum atomic E-state index is -0.633. The third-order valence-electron chi connectivity index (χ3n) is 4.67. The molecule has 0 aromatic heterocycles. The summed E-state index contributed by atoms with van der Waals surface area (Å²) < 4.78 is 13.6. The lowest BCUT2D eigenvalue weighted by atomic mass is 10.1. The Morgan fingerprint density at radius 2 is 2.03 bits per heavy atom. The van der Waals surface area contributed by atoms with Crippen molar-refractivity contribution >= 4 is 29.8 Å². The number of para-hydroxylation sites is 1. The van der Waals surface area contributed by atoms with Crippen molar-refractivity contribution in [3.63, 3.8) is 0 Å². The Morgan fingerprint density at radius 1 is 1.28 bits per heavy atom. The van der Waals surface area contributed by atoms with Crippen LogP contribution in [0.15, 0.2) is 29.3 Å². The van der Waals surface area contributed by atoms with Crippen LogP contribution in [0, 0.1) is 0 Å². The maximum absolute atomic E-state index is 12.9. The van der Waals surface area contributed by atoms with E-state index in [1.54, 1.807) is 38.5 Å². The van der Waals surface area contributed by atoms with E-state index in [1.807, 2.05) is 6.07 Å². The fourth-order valence-electron chi connectivity index (χ4n) is 3.28. The summed E-state index contributed by atoms with van der Waals surface area (Å²) >= 11 is 1.23. The van der Waals surface area contributed by atoms with Gasteiger partial charge in [0.25, 0.3) is 5.91 Å². The number of methoxy groups -OCH3 is 2. The summed E-state index contributed by atoms with van der Waals surface area (Å²) in [7, 11) is 3.08. The molecule has 2 N–H and O–H groups in total.